The van der Waals surface area contributed by atoms with Crippen LogP contribution in [0.25, 0.3) is 0 Å². The fourth-order valence-corrected chi connectivity index (χ4v) is 2.98. The minimum Gasteiger partial charge on any atom is -0.330 e. The fourth-order valence-electron chi connectivity index (χ4n) is 2.98. The molecule has 1 aliphatic carbocycles. The first-order chi connectivity index (χ1) is 11.6. The van der Waals surface area contributed by atoms with E-state index in [0.29, 0.717) is 11.9 Å². The maximum atomic E-state index is 12.5. The molecule has 1 saturated heterocycles. The van der Waals surface area contributed by atoms with Gasteiger partial charge < -0.3 is 5.32 Å². The molecule has 1 unspecified atom stereocenters. The van der Waals surface area contributed by atoms with Crippen LogP contribution in [0.15, 0.2) is 24.3 Å². The number of benzene rings is 1. The van der Waals surface area contributed by atoms with Crippen LogP contribution < -0.4 is 5.32 Å². The summed E-state index contributed by atoms with van der Waals surface area (Å²) in [7, 11) is 0. The van der Waals surface area contributed by atoms with Crippen LogP contribution >= 0.6 is 0 Å². The van der Waals surface area contributed by atoms with Crippen molar-refractivity contribution < 1.29 is 9.59 Å². The Hall–Kier alpha value is -2.77. The number of aryl methyl sites for hydroxylation is 1. The van der Waals surface area contributed by atoms with Crippen LogP contribution in [0.1, 0.15) is 48.3 Å². The molecule has 0 radical (unpaired) electrons. The second-order valence-electron chi connectivity index (χ2n) is 6.37. The molecule has 4 rings (SSSR count). The third-order valence-corrected chi connectivity index (χ3v) is 4.42. The fraction of sp³-hybridized carbons (Fsp3) is 0.438. The summed E-state index contributed by atoms with van der Waals surface area (Å²) >= 11 is 0. The van der Waals surface area contributed by atoms with E-state index in [9.17, 15) is 9.59 Å². The Balaban J connectivity index is 1.50. The highest BCUT2D eigenvalue weighted by molar-refractivity contribution is 5.97. The molecule has 1 atom stereocenters. The molecular formula is C16H18N6O2. The maximum absolute atomic E-state index is 12.5. The molecule has 24 heavy (non-hydrogen) atoms. The van der Waals surface area contributed by atoms with Gasteiger partial charge in [0, 0.05) is 0 Å². The van der Waals surface area contributed by atoms with Gasteiger partial charge in [0.2, 0.25) is 5.91 Å². The molecule has 8 heteroatoms. The van der Waals surface area contributed by atoms with Crippen molar-refractivity contribution in [3.63, 3.8) is 0 Å². The zero-order chi connectivity index (χ0) is 16.7. The Morgan fingerprint density at radius 2 is 2.12 bits per heavy atom. The molecule has 2 heterocycles. The first-order valence-corrected chi connectivity index (χ1v) is 8.06. The van der Waals surface area contributed by atoms with E-state index in [-0.39, 0.29) is 24.9 Å². The van der Waals surface area contributed by atoms with Gasteiger partial charge >= 0.3 is 6.03 Å². The van der Waals surface area contributed by atoms with E-state index >= 15 is 0 Å². The van der Waals surface area contributed by atoms with Crippen molar-refractivity contribution in [1.82, 2.24) is 30.4 Å². The number of hydrogen-bond acceptors (Lipinski definition) is 5. The number of nitrogens with one attached hydrogen (secondary N) is 1. The number of rotatable bonds is 4. The number of tetrazole rings is 1. The number of carbonyl (C=O) groups is 2. The zero-order valence-corrected chi connectivity index (χ0v) is 13.3. The second kappa shape index (κ2) is 5.70. The van der Waals surface area contributed by atoms with Gasteiger partial charge in [0.15, 0.2) is 5.82 Å². The molecule has 124 valence electrons. The predicted octanol–water partition coefficient (Wildman–Crippen LogP) is 1.50. The number of aromatic nitrogens is 4. The number of amides is 3. The Labute approximate surface area is 138 Å². The van der Waals surface area contributed by atoms with Crippen LogP contribution in [0.2, 0.25) is 0 Å². The van der Waals surface area contributed by atoms with Gasteiger partial charge in [-0.1, -0.05) is 29.8 Å². The smallest absolute Gasteiger partial charge is 0.325 e. The lowest BCUT2D eigenvalue weighted by molar-refractivity contribution is -0.130. The van der Waals surface area contributed by atoms with E-state index in [1.54, 1.807) is 4.68 Å². The van der Waals surface area contributed by atoms with Crippen LogP contribution in [0, 0.1) is 6.92 Å². The number of carbonyl (C=O) groups excluding carboxylic acids is 2. The predicted molar refractivity (Wildman–Crippen MR) is 83.7 cm³/mol. The molecule has 1 saturated carbocycles. The van der Waals surface area contributed by atoms with Gasteiger partial charge in [0.1, 0.15) is 0 Å². The van der Waals surface area contributed by atoms with Crippen molar-refractivity contribution >= 4 is 11.9 Å². The molecule has 0 spiro atoms. The molecule has 3 amide bonds. The van der Waals surface area contributed by atoms with Gasteiger partial charge in [-0.3, -0.25) is 9.69 Å². The molecular weight excluding hydrogens is 308 g/mol. The van der Waals surface area contributed by atoms with Gasteiger partial charge in [0.25, 0.3) is 0 Å². The van der Waals surface area contributed by atoms with Crippen molar-refractivity contribution in [2.75, 3.05) is 0 Å². The topological polar surface area (TPSA) is 93.0 Å². The van der Waals surface area contributed by atoms with E-state index in [4.69, 9.17) is 0 Å². The summed E-state index contributed by atoms with van der Waals surface area (Å²) in [5.41, 5.74) is 2.04. The summed E-state index contributed by atoms with van der Waals surface area (Å²) in [5, 5.41) is 14.5. The highest BCUT2D eigenvalue weighted by atomic mass is 16.2. The standard InChI is InChI=1S/C16H18N6O2/c1-10-3-2-4-11(7-10)13-8-15(23)21(16(24)17-13)9-14-18-19-20-22(14)12-5-6-12/h2-4,7,12-13H,5-6,8-9H2,1H3,(H,17,24). The van der Waals surface area contributed by atoms with Crippen LogP contribution in [0.4, 0.5) is 4.79 Å². The Bertz CT molecular complexity index is 779. The van der Waals surface area contributed by atoms with Crippen LogP contribution in [-0.4, -0.2) is 37.0 Å². The number of hydrogen-bond donors (Lipinski definition) is 1. The van der Waals surface area contributed by atoms with Gasteiger partial charge in [-0.05, 0) is 35.8 Å². The summed E-state index contributed by atoms with van der Waals surface area (Å²) in [6.07, 6.45) is 2.31. The van der Waals surface area contributed by atoms with Crippen molar-refractivity contribution in [2.45, 2.75) is 44.8 Å². The maximum Gasteiger partial charge on any atom is 0.325 e. The monoisotopic (exact) mass is 326 g/mol. The van der Waals surface area contributed by atoms with E-state index in [1.165, 1.54) is 4.90 Å². The Kier molecular flexibility index (Phi) is 3.51. The minimum absolute atomic E-state index is 0.106. The summed E-state index contributed by atoms with van der Waals surface area (Å²) < 4.78 is 1.72. The van der Waals surface area contributed by atoms with Gasteiger partial charge in [-0.25, -0.2) is 9.48 Å². The molecule has 1 aliphatic heterocycles. The molecule has 2 fully saturated rings. The SMILES string of the molecule is Cc1cccc(C2CC(=O)N(Cc3nnnn3C3CC3)C(=O)N2)c1. The Morgan fingerprint density at radius 1 is 1.29 bits per heavy atom. The van der Waals surface area contributed by atoms with Crippen molar-refractivity contribution in [2.24, 2.45) is 0 Å². The molecule has 1 aromatic carbocycles. The number of urea groups is 1. The third kappa shape index (κ3) is 2.75. The molecule has 2 aromatic rings. The summed E-state index contributed by atoms with van der Waals surface area (Å²) in [6, 6.07) is 7.44. The normalized spacial score (nSPS) is 21.0. The lowest BCUT2D eigenvalue weighted by Crippen LogP contribution is -2.51. The Morgan fingerprint density at radius 3 is 2.83 bits per heavy atom. The van der Waals surface area contributed by atoms with Gasteiger partial charge in [0.05, 0.1) is 25.0 Å². The summed E-state index contributed by atoms with van der Waals surface area (Å²) in [4.78, 5) is 26.1. The summed E-state index contributed by atoms with van der Waals surface area (Å²) in [5.74, 6) is 0.339. The van der Waals surface area contributed by atoms with Crippen LogP contribution in [0.3, 0.4) is 0 Å². The highest BCUT2D eigenvalue weighted by Crippen LogP contribution is 2.34. The van der Waals surface area contributed by atoms with Crippen molar-refractivity contribution in [3.8, 4) is 0 Å². The largest absolute Gasteiger partial charge is 0.330 e. The van der Waals surface area contributed by atoms with Crippen molar-refractivity contribution in [1.29, 1.82) is 0 Å². The molecule has 1 N–H and O–H groups in total. The minimum atomic E-state index is -0.400. The molecule has 2 aliphatic rings. The van der Waals surface area contributed by atoms with Gasteiger partial charge in [-0.15, -0.1) is 5.10 Å². The van der Waals surface area contributed by atoms with Crippen molar-refractivity contribution in [3.05, 3.63) is 41.2 Å². The highest BCUT2D eigenvalue weighted by Gasteiger charge is 2.35. The van der Waals surface area contributed by atoms with Crippen LogP contribution in [0.5, 0.6) is 0 Å². The first kappa shape index (κ1) is 14.8. The quantitative estimate of drug-likeness (QED) is 0.919. The van der Waals surface area contributed by atoms with E-state index in [0.717, 1.165) is 24.0 Å². The first-order valence-electron chi connectivity index (χ1n) is 8.06. The number of nitrogens with zero attached hydrogens (tertiary/aromatic N) is 5. The zero-order valence-electron chi connectivity index (χ0n) is 13.3. The van der Waals surface area contributed by atoms with E-state index in [2.05, 4.69) is 20.8 Å². The lowest BCUT2D eigenvalue weighted by Gasteiger charge is -2.31. The van der Waals surface area contributed by atoms with E-state index in [1.807, 2.05) is 31.2 Å². The van der Waals surface area contributed by atoms with Gasteiger partial charge in [-0.2, -0.15) is 0 Å². The lowest BCUT2D eigenvalue weighted by atomic mass is 10.00. The van der Waals surface area contributed by atoms with E-state index < -0.39 is 6.03 Å². The average Bonchev–Trinajstić information content (AvgIpc) is 3.29. The second-order valence-corrected chi connectivity index (χ2v) is 6.37. The van der Waals surface area contributed by atoms with Crippen LogP contribution in [-0.2, 0) is 11.3 Å². The molecule has 8 nitrogen and oxygen atoms in total. The average molecular weight is 326 g/mol. The number of imide groups is 1. The molecule has 1 aromatic heterocycles. The third-order valence-electron chi connectivity index (χ3n) is 4.42. The summed E-state index contributed by atoms with van der Waals surface area (Å²) in [6.45, 7) is 2.09. The molecule has 0 bridgehead atoms.